The van der Waals surface area contributed by atoms with E-state index >= 15 is 0 Å². The van der Waals surface area contributed by atoms with Gasteiger partial charge in [-0.25, -0.2) is 4.99 Å². The Hall–Kier alpha value is -2.61. The maximum atomic E-state index is 5.89. The number of aliphatic imine (C=N–C) groups is 1. The minimum Gasteiger partial charge on any atom is -0.491 e. The Morgan fingerprint density at radius 1 is 1.22 bits per heavy atom. The zero-order chi connectivity index (χ0) is 19.5. The summed E-state index contributed by atoms with van der Waals surface area (Å²) >= 11 is 0. The zero-order valence-electron chi connectivity index (χ0n) is 16.7. The predicted octanol–water partition coefficient (Wildman–Crippen LogP) is 1.79. The van der Waals surface area contributed by atoms with Crippen LogP contribution in [0.15, 0.2) is 29.5 Å². The van der Waals surface area contributed by atoms with Crippen molar-refractivity contribution in [2.75, 3.05) is 26.4 Å². The standard InChI is InChI=1S/C19H30N6O2/c1-5-20-19(22-13-18-24-23-14-25(18)4)21-12-16-8-7-15(3)11-17(16)27-10-9-26-6-2/h7-8,11,14H,5-6,9-10,12-13H2,1-4H3,(H2,20,21,22). The molecule has 1 aromatic carbocycles. The zero-order valence-corrected chi connectivity index (χ0v) is 16.7. The first-order valence-electron chi connectivity index (χ1n) is 9.29. The van der Waals surface area contributed by atoms with Crippen molar-refractivity contribution in [3.8, 4) is 5.75 Å². The van der Waals surface area contributed by atoms with Gasteiger partial charge in [-0.2, -0.15) is 0 Å². The number of nitrogens with zero attached hydrogens (tertiary/aromatic N) is 4. The maximum Gasteiger partial charge on any atom is 0.191 e. The average Bonchev–Trinajstić information content (AvgIpc) is 3.07. The first kappa shape index (κ1) is 20.7. The molecular formula is C19H30N6O2. The molecule has 1 aromatic heterocycles. The van der Waals surface area contributed by atoms with Crippen LogP contribution in [0.4, 0.5) is 0 Å². The third-order valence-corrected chi connectivity index (χ3v) is 3.88. The van der Waals surface area contributed by atoms with Crippen LogP contribution in [-0.2, 0) is 24.9 Å². The first-order valence-corrected chi connectivity index (χ1v) is 9.29. The number of guanidine groups is 1. The van der Waals surface area contributed by atoms with Crippen molar-refractivity contribution in [3.63, 3.8) is 0 Å². The lowest BCUT2D eigenvalue weighted by Gasteiger charge is -2.13. The van der Waals surface area contributed by atoms with E-state index in [-0.39, 0.29) is 0 Å². The number of ether oxygens (including phenoxy) is 2. The van der Waals surface area contributed by atoms with E-state index in [4.69, 9.17) is 9.47 Å². The van der Waals surface area contributed by atoms with E-state index < -0.39 is 0 Å². The predicted molar refractivity (Wildman–Crippen MR) is 106 cm³/mol. The van der Waals surface area contributed by atoms with Crippen LogP contribution in [0.1, 0.15) is 30.8 Å². The fourth-order valence-electron chi connectivity index (χ4n) is 2.42. The van der Waals surface area contributed by atoms with Crippen LogP contribution in [-0.4, -0.2) is 47.1 Å². The highest BCUT2D eigenvalue weighted by molar-refractivity contribution is 5.79. The van der Waals surface area contributed by atoms with Gasteiger partial charge in [0.05, 0.1) is 19.7 Å². The Kier molecular flexibility index (Phi) is 8.57. The van der Waals surface area contributed by atoms with Gasteiger partial charge in [0, 0.05) is 25.8 Å². The second kappa shape index (κ2) is 11.2. The summed E-state index contributed by atoms with van der Waals surface area (Å²) in [7, 11) is 1.92. The molecule has 1 heterocycles. The van der Waals surface area contributed by atoms with E-state index in [1.54, 1.807) is 6.33 Å². The number of rotatable bonds is 10. The van der Waals surface area contributed by atoms with E-state index in [1.165, 1.54) is 0 Å². The first-order chi connectivity index (χ1) is 13.1. The van der Waals surface area contributed by atoms with Crippen LogP contribution in [0.2, 0.25) is 0 Å². The molecule has 8 heteroatoms. The van der Waals surface area contributed by atoms with E-state index in [2.05, 4.69) is 44.9 Å². The van der Waals surface area contributed by atoms with Crippen molar-refractivity contribution >= 4 is 5.96 Å². The van der Waals surface area contributed by atoms with Gasteiger partial charge in [0.15, 0.2) is 11.8 Å². The molecule has 0 radical (unpaired) electrons. The van der Waals surface area contributed by atoms with Gasteiger partial charge >= 0.3 is 0 Å². The summed E-state index contributed by atoms with van der Waals surface area (Å²) in [6.07, 6.45) is 1.68. The molecule has 0 saturated heterocycles. The highest BCUT2D eigenvalue weighted by atomic mass is 16.5. The lowest BCUT2D eigenvalue weighted by Crippen LogP contribution is -2.37. The Labute approximate surface area is 161 Å². The summed E-state index contributed by atoms with van der Waals surface area (Å²) in [5.74, 6) is 2.42. The second-order valence-corrected chi connectivity index (χ2v) is 6.06. The molecule has 148 valence electrons. The van der Waals surface area contributed by atoms with Crippen molar-refractivity contribution in [1.29, 1.82) is 0 Å². The van der Waals surface area contributed by atoms with E-state index in [0.29, 0.717) is 32.9 Å². The molecule has 0 aliphatic heterocycles. The van der Waals surface area contributed by atoms with Gasteiger partial charge in [-0.1, -0.05) is 12.1 Å². The van der Waals surface area contributed by atoms with Crippen molar-refractivity contribution in [3.05, 3.63) is 41.5 Å². The summed E-state index contributed by atoms with van der Waals surface area (Å²) in [6.45, 7) is 9.69. The topological polar surface area (TPSA) is 85.6 Å². The quantitative estimate of drug-likeness (QED) is 0.375. The van der Waals surface area contributed by atoms with Crippen LogP contribution < -0.4 is 15.4 Å². The van der Waals surface area contributed by atoms with Crippen LogP contribution in [0.25, 0.3) is 0 Å². The number of hydrogen-bond donors (Lipinski definition) is 2. The third-order valence-electron chi connectivity index (χ3n) is 3.88. The summed E-state index contributed by atoms with van der Waals surface area (Å²) < 4.78 is 13.1. The highest BCUT2D eigenvalue weighted by Crippen LogP contribution is 2.21. The minimum absolute atomic E-state index is 0.512. The van der Waals surface area contributed by atoms with Gasteiger partial charge in [-0.15, -0.1) is 10.2 Å². The van der Waals surface area contributed by atoms with Gasteiger partial charge in [-0.05, 0) is 32.4 Å². The molecule has 0 atom stereocenters. The van der Waals surface area contributed by atoms with Crippen LogP contribution in [0.3, 0.4) is 0 Å². The fourth-order valence-corrected chi connectivity index (χ4v) is 2.42. The Morgan fingerprint density at radius 3 is 2.78 bits per heavy atom. The van der Waals surface area contributed by atoms with E-state index in [9.17, 15) is 0 Å². The molecule has 0 saturated carbocycles. The van der Waals surface area contributed by atoms with Crippen molar-refractivity contribution in [2.24, 2.45) is 12.0 Å². The summed E-state index contributed by atoms with van der Waals surface area (Å²) in [4.78, 5) is 4.67. The lowest BCUT2D eigenvalue weighted by atomic mass is 10.1. The molecule has 0 bridgehead atoms. The van der Waals surface area contributed by atoms with Crippen LogP contribution in [0.5, 0.6) is 5.75 Å². The maximum absolute atomic E-state index is 5.89. The number of nitrogens with one attached hydrogen (secondary N) is 2. The Morgan fingerprint density at radius 2 is 2.07 bits per heavy atom. The molecule has 2 aromatic rings. The molecule has 0 aliphatic carbocycles. The summed E-state index contributed by atoms with van der Waals surface area (Å²) in [5.41, 5.74) is 2.19. The normalized spacial score (nSPS) is 11.5. The van der Waals surface area contributed by atoms with Gasteiger partial charge < -0.3 is 24.7 Å². The molecule has 0 unspecified atom stereocenters. The minimum atomic E-state index is 0.512. The smallest absolute Gasteiger partial charge is 0.191 e. The number of aromatic nitrogens is 3. The second-order valence-electron chi connectivity index (χ2n) is 6.06. The summed E-state index contributed by atoms with van der Waals surface area (Å²) in [5, 5.41) is 14.5. The molecule has 8 nitrogen and oxygen atoms in total. The van der Waals surface area contributed by atoms with Gasteiger partial charge in [0.25, 0.3) is 0 Å². The molecule has 0 spiro atoms. The molecule has 0 fully saturated rings. The highest BCUT2D eigenvalue weighted by Gasteiger charge is 2.06. The number of aryl methyl sites for hydroxylation is 2. The van der Waals surface area contributed by atoms with Gasteiger partial charge in [0.2, 0.25) is 0 Å². The average molecular weight is 374 g/mol. The monoisotopic (exact) mass is 374 g/mol. The Balaban J connectivity index is 2.02. The third kappa shape index (κ3) is 6.90. The lowest BCUT2D eigenvalue weighted by molar-refractivity contribution is 0.110. The SMILES string of the molecule is CCNC(=NCc1ccc(C)cc1OCCOCC)NCc1nncn1C. The number of benzene rings is 1. The molecule has 0 aliphatic rings. The van der Waals surface area contributed by atoms with Crippen LogP contribution in [0, 0.1) is 6.92 Å². The van der Waals surface area contributed by atoms with Crippen LogP contribution >= 0.6 is 0 Å². The Bertz CT molecular complexity index is 729. The van der Waals surface area contributed by atoms with E-state index in [1.807, 2.05) is 31.5 Å². The molecule has 27 heavy (non-hydrogen) atoms. The van der Waals surface area contributed by atoms with Crippen molar-refractivity contribution in [1.82, 2.24) is 25.4 Å². The van der Waals surface area contributed by atoms with Gasteiger partial charge in [-0.3, -0.25) is 0 Å². The van der Waals surface area contributed by atoms with E-state index in [0.717, 1.165) is 35.2 Å². The molecule has 0 amide bonds. The summed E-state index contributed by atoms with van der Waals surface area (Å²) in [6, 6.07) is 6.16. The molecule has 2 rings (SSSR count). The molecular weight excluding hydrogens is 344 g/mol. The fraction of sp³-hybridized carbons (Fsp3) is 0.526. The van der Waals surface area contributed by atoms with Gasteiger partial charge in [0.1, 0.15) is 18.7 Å². The van der Waals surface area contributed by atoms with Crippen molar-refractivity contribution in [2.45, 2.75) is 33.9 Å². The number of hydrogen-bond acceptors (Lipinski definition) is 5. The largest absolute Gasteiger partial charge is 0.491 e. The molecule has 2 N–H and O–H groups in total. The van der Waals surface area contributed by atoms with Crippen molar-refractivity contribution < 1.29 is 9.47 Å².